The van der Waals surface area contributed by atoms with Crippen LogP contribution in [0.2, 0.25) is 0 Å². The molecule has 1 aromatic heterocycles. The van der Waals surface area contributed by atoms with Crippen molar-refractivity contribution in [3.05, 3.63) is 11.6 Å². The van der Waals surface area contributed by atoms with Crippen molar-refractivity contribution >= 4 is 29.9 Å². The Labute approximate surface area is 186 Å². The van der Waals surface area contributed by atoms with Gasteiger partial charge in [0.2, 0.25) is 0 Å². The monoisotopic (exact) mass is 507 g/mol. The van der Waals surface area contributed by atoms with Crippen LogP contribution in [-0.2, 0) is 18.3 Å². The van der Waals surface area contributed by atoms with Gasteiger partial charge in [-0.3, -0.25) is 0 Å². The van der Waals surface area contributed by atoms with Crippen LogP contribution in [0.3, 0.4) is 0 Å². The lowest BCUT2D eigenvalue weighted by atomic mass is 10.2. The van der Waals surface area contributed by atoms with Crippen molar-refractivity contribution in [2.45, 2.75) is 52.0 Å². The predicted molar refractivity (Wildman–Crippen MR) is 124 cm³/mol. The third kappa shape index (κ3) is 9.51. The smallest absolute Gasteiger partial charge is 0.191 e. The number of halogens is 1. The molecule has 1 fully saturated rings. The number of methoxy groups -OCH3 is 1. The van der Waals surface area contributed by atoms with Crippen molar-refractivity contribution in [3.63, 3.8) is 0 Å². The fourth-order valence-corrected chi connectivity index (χ4v) is 3.21. The van der Waals surface area contributed by atoms with Gasteiger partial charge >= 0.3 is 0 Å². The standard InChI is InChI=1S/C19H37N7O.HI/c1-17-23-24-18(25(17)2)16-22-19(21-11-9-15-27-3)20-10-8-14-26-12-6-4-5-7-13-26;/h4-16H2,1-3H3,(H2,20,21,22);1H. The SMILES string of the molecule is COCCCNC(=NCc1nnc(C)n1C)NCCCN1CCCCCC1.I. The average molecular weight is 507 g/mol. The molecule has 1 aromatic rings. The lowest BCUT2D eigenvalue weighted by Crippen LogP contribution is -2.39. The van der Waals surface area contributed by atoms with Gasteiger partial charge in [-0.2, -0.15) is 0 Å². The zero-order valence-corrected chi connectivity index (χ0v) is 20.1. The summed E-state index contributed by atoms with van der Waals surface area (Å²) in [5, 5.41) is 15.1. The Hall–Kier alpha value is -0.940. The quantitative estimate of drug-likeness (QED) is 0.219. The molecule has 162 valence electrons. The third-order valence-corrected chi connectivity index (χ3v) is 5.02. The molecule has 1 aliphatic rings. The number of guanidine groups is 1. The van der Waals surface area contributed by atoms with E-state index in [9.17, 15) is 0 Å². The fraction of sp³-hybridized carbons (Fsp3) is 0.842. The van der Waals surface area contributed by atoms with Crippen LogP contribution in [0.15, 0.2) is 4.99 Å². The van der Waals surface area contributed by atoms with E-state index in [-0.39, 0.29) is 24.0 Å². The van der Waals surface area contributed by atoms with Gasteiger partial charge in [-0.1, -0.05) is 12.8 Å². The molecule has 2 N–H and O–H groups in total. The van der Waals surface area contributed by atoms with Gasteiger partial charge in [0.25, 0.3) is 0 Å². The summed E-state index contributed by atoms with van der Waals surface area (Å²) in [7, 11) is 3.70. The minimum atomic E-state index is 0. The molecule has 0 atom stereocenters. The zero-order chi connectivity index (χ0) is 19.3. The van der Waals surface area contributed by atoms with E-state index in [4.69, 9.17) is 4.74 Å². The first-order chi connectivity index (χ1) is 13.2. The molecular formula is C19H38IN7O. The van der Waals surface area contributed by atoms with Gasteiger partial charge in [-0.05, 0) is 52.2 Å². The number of likely N-dealkylation sites (tertiary alicyclic amines) is 1. The first-order valence-corrected chi connectivity index (χ1v) is 10.3. The van der Waals surface area contributed by atoms with Gasteiger partial charge in [-0.25, -0.2) is 4.99 Å². The number of hydrogen-bond donors (Lipinski definition) is 2. The summed E-state index contributed by atoms with van der Waals surface area (Å²) in [6.45, 7) is 8.63. The van der Waals surface area contributed by atoms with Crippen LogP contribution in [0, 0.1) is 6.92 Å². The van der Waals surface area contributed by atoms with Crippen LogP contribution in [0.1, 0.15) is 50.2 Å². The van der Waals surface area contributed by atoms with Gasteiger partial charge in [0.05, 0.1) is 0 Å². The molecule has 0 saturated carbocycles. The van der Waals surface area contributed by atoms with Crippen LogP contribution >= 0.6 is 24.0 Å². The number of aromatic nitrogens is 3. The molecule has 0 bridgehead atoms. The second kappa shape index (κ2) is 15.0. The molecule has 2 heterocycles. The van der Waals surface area contributed by atoms with Gasteiger partial charge in [0.15, 0.2) is 11.8 Å². The molecule has 0 amide bonds. The molecule has 1 aliphatic heterocycles. The maximum atomic E-state index is 5.12. The highest BCUT2D eigenvalue weighted by molar-refractivity contribution is 14.0. The first-order valence-electron chi connectivity index (χ1n) is 10.3. The predicted octanol–water partition coefficient (Wildman–Crippen LogP) is 2.08. The Kier molecular flexibility index (Phi) is 13.4. The molecule has 1 saturated heterocycles. The number of rotatable bonds is 10. The van der Waals surface area contributed by atoms with E-state index in [2.05, 4.69) is 30.7 Å². The summed E-state index contributed by atoms with van der Waals surface area (Å²) < 4.78 is 7.10. The first kappa shape index (κ1) is 25.1. The molecule has 0 unspecified atom stereocenters. The Morgan fingerprint density at radius 3 is 2.36 bits per heavy atom. The van der Waals surface area contributed by atoms with Crippen molar-refractivity contribution in [1.82, 2.24) is 30.3 Å². The number of aryl methyl sites for hydroxylation is 1. The van der Waals surface area contributed by atoms with E-state index in [1.54, 1.807) is 7.11 Å². The Bertz CT molecular complexity index is 556. The van der Waals surface area contributed by atoms with Crippen LogP contribution in [0.4, 0.5) is 0 Å². The van der Waals surface area contributed by atoms with E-state index in [1.807, 2.05) is 18.5 Å². The number of ether oxygens (including phenoxy) is 1. The average Bonchev–Trinajstić information content (AvgIpc) is 2.87. The van der Waals surface area contributed by atoms with Crippen molar-refractivity contribution in [3.8, 4) is 0 Å². The number of nitrogens with zero attached hydrogens (tertiary/aromatic N) is 5. The molecule has 0 radical (unpaired) electrons. The maximum Gasteiger partial charge on any atom is 0.191 e. The van der Waals surface area contributed by atoms with Gasteiger partial charge in [0.1, 0.15) is 12.4 Å². The Morgan fingerprint density at radius 2 is 1.75 bits per heavy atom. The number of aliphatic imine (C=N–C) groups is 1. The van der Waals surface area contributed by atoms with E-state index >= 15 is 0 Å². The summed E-state index contributed by atoms with van der Waals surface area (Å²) in [6, 6.07) is 0. The maximum absolute atomic E-state index is 5.12. The van der Waals surface area contributed by atoms with E-state index in [0.717, 1.165) is 56.7 Å². The van der Waals surface area contributed by atoms with Crippen LogP contribution in [0.5, 0.6) is 0 Å². The van der Waals surface area contributed by atoms with Crippen LogP contribution in [-0.4, -0.2) is 72.1 Å². The fourth-order valence-electron chi connectivity index (χ4n) is 3.21. The molecule has 0 aromatic carbocycles. The Balaban J connectivity index is 0.00000392. The molecule has 8 nitrogen and oxygen atoms in total. The molecular weight excluding hydrogens is 469 g/mol. The molecule has 28 heavy (non-hydrogen) atoms. The van der Waals surface area contributed by atoms with Crippen molar-refractivity contribution in [1.29, 1.82) is 0 Å². The highest BCUT2D eigenvalue weighted by Crippen LogP contribution is 2.09. The second-order valence-electron chi connectivity index (χ2n) is 7.20. The highest BCUT2D eigenvalue weighted by atomic mass is 127. The summed E-state index contributed by atoms with van der Waals surface area (Å²) >= 11 is 0. The summed E-state index contributed by atoms with van der Waals surface area (Å²) in [6.07, 6.45) is 7.55. The normalized spacial score (nSPS) is 15.8. The van der Waals surface area contributed by atoms with Crippen molar-refractivity contribution < 1.29 is 4.74 Å². The lowest BCUT2D eigenvalue weighted by molar-refractivity contribution is 0.195. The Morgan fingerprint density at radius 1 is 1.07 bits per heavy atom. The topological polar surface area (TPSA) is 79.6 Å². The summed E-state index contributed by atoms with van der Waals surface area (Å²) in [4.78, 5) is 7.28. The minimum absolute atomic E-state index is 0. The molecule has 2 rings (SSSR count). The number of nitrogens with one attached hydrogen (secondary N) is 2. The molecule has 0 spiro atoms. The minimum Gasteiger partial charge on any atom is -0.385 e. The lowest BCUT2D eigenvalue weighted by Gasteiger charge is -2.20. The zero-order valence-electron chi connectivity index (χ0n) is 17.7. The number of hydrogen-bond acceptors (Lipinski definition) is 5. The van der Waals surface area contributed by atoms with Crippen molar-refractivity contribution in [2.24, 2.45) is 12.0 Å². The van der Waals surface area contributed by atoms with Gasteiger partial charge in [-0.15, -0.1) is 34.2 Å². The second-order valence-corrected chi connectivity index (χ2v) is 7.20. The molecule has 0 aliphatic carbocycles. The van der Waals surface area contributed by atoms with E-state index in [1.165, 1.54) is 38.8 Å². The van der Waals surface area contributed by atoms with Crippen molar-refractivity contribution in [2.75, 3.05) is 46.4 Å². The summed E-state index contributed by atoms with van der Waals surface area (Å²) in [5.74, 6) is 2.61. The van der Waals surface area contributed by atoms with Crippen LogP contribution < -0.4 is 10.6 Å². The summed E-state index contributed by atoms with van der Waals surface area (Å²) in [5.41, 5.74) is 0. The van der Waals surface area contributed by atoms with E-state index in [0.29, 0.717) is 6.54 Å². The van der Waals surface area contributed by atoms with Gasteiger partial charge in [0, 0.05) is 33.9 Å². The third-order valence-electron chi connectivity index (χ3n) is 5.02. The van der Waals surface area contributed by atoms with Crippen LogP contribution in [0.25, 0.3) is 0 Å². The molecule has 9 heteroatoms. The van der Waals surface area contributed by atoms with Gasteiger partial charge < -0.3 is 24.8 Å². The highest BCUT2D eigenvalue weighted by Gasteiger charge is 2.09. The van der Waals surface area contributed by atoms with E-state index < -0.39 is 0 Å². The largest absolute Gasteiger partial charge is 0.385 e.